The number of rotatable bonds is 3. The number of nitrogens with zero attached hydrogens (tertiary/aromatic N) is 1. The Morgan fingerprint density at radius 2 is 2.12 bits per heavy atom. The number of halogens is 2. The fraction of sp³-hybridized carbons (Fsp3) is 0.412. The van der Waals surface area contributed by atoms with Crippen LogP contribution in [0.2, 0.25) is 5.02 Å². The van der Waals surface area contributed by atoms with E-state index in [4.69, 9.17) is 16.3 Å². The molecule has 0 aliphatic carbocycles. The first-order chi connectivity index (χ1) is 11.7. The fourth-order valence-electron chi connectivity index (χ4n) is 3.37. The van der Waals surface area contributed by atoms with Crippen molar-refractivity contribution in [3.05, 3.63) is 51.8 Å². The maximum Gasteiger partial charge on any atom is 0.272 e. The van der Waals surface area contributed by atoms with Crippen LogP contribution in [-0.4, -0.2) is 35.3 Å². The summed E-state index contributed by atoms with van der Waals surface area (Å²) in [5.41, 5.74) is 3.53. The molecule has 0 bridgehead atoms. The van der Waals surface area contributed by atoms with E-state index in [0.717, 1.165) is 36.2 Å². The molecule has 2 aliphatic heterocycles. The fourth-order valence-corrected chi connectivity index (χ4v) is 3.49. The van der Waals surface area contributed by atoms with Crippen LogP contribution in [0.5, 0.6) is 0 Å². The lowest BCUT2D eigenvalue weighted by molar-refractivity contribution is 0.0817. The van der Waals surface area contributed by atoms with E-state index in [1.54, 1.807) is 0 Å². The van der Waals surface area contributed by atoms with Crippen molar-refractivity contribution in [1.29, 1.82) is 0 Å². The van der Waals surface area contributed by atoms with E-state index in [0.29, 0.717) is 23.9 Å². The molecule has 0 spiro atoms. The second-order valence-corrected chi connectivity index (χ2v) is 6.60. The van der Waals surface area contributed by atoms with Crippen LogP contribution in [0.25, 0.3) is 0 Å². The van der Waals surface area contributed by atoms with Crippen LogP contribution in [0.1, 0.15) is 39.8 Å². The molecule has 1 saturated heterocycles. The van der Waals surface area contributed by atoms with Crippen molar-refractivity contribution in [2.24, 2.45) is 0 Å². The first-order valence-corrected chi connectivity index (χ1v) is 8.55. The van der Waals surface area contributed by atoms with Gasteiger partial charge in [-0.2, -0.15) is 5.10 Å². The Kier molecular flexibility index (Phi) is 5.64. The zero-order valence-electron chi connectivity index (χ0n) is 13.5. The van der Waals surface area contributed by atoms with Crippen molar-refractivity contribution >= 4 is 29.9 Å². The first kappa shape index (κ1) is 18.2. The highest BCUT2D eigenvalue weighted by molar-refractivity contribution is 6.30. The maximum absolute atomic E-state index is 12.7. The number of benzene rings is 1. The highest BCUT2D eigenvalue weighted by Crippen LogP contribution is 2.30. The van der Waals surface area contributed by atoms with Crippen LogP contribution in [0.4, 0.5) is 0 Å². The molecular weight excluding hydrogens is 363 g/mol. The number of nitrogens with one attached hydrogen (secondary N) is 3. The normalized spacial score (nSPS) is 22.1. The zero-order chi connectivity index (χ0) is 16.5. The SMILES string of the molecule is Cl.O=C(NC1CCOC1c1ccc(Cl)cc1)c1n[nH]c2c1CNCC2. The van der Waals surface area contributed by atoms with E-state index in [1.165, 1.54) is 0 Å². The lowest BCUT2D eigenvalue weighted by Gasteiger charge is -2.20. The van der Waals surface area contributed by atoms with Gasteiger partial charge in [0.2, 0.25) is 0 Å². The molecule has 134 valence electrons. The van der Waals surface area contributed by atoms with Gasteiger partial charge in [0.15, 0.2) is 5.69 Å². The van der Waals surface area contributed by atoms with Crippen LogP contribution < -0.4 is 10.6 Å². The monoisotopic (exact) mass is 382 g/mol. The van der Waals surface area contributed by atoms with Gasteiger partial charge in [-0.15, -0.1) is 12.4 Å². The highest BCUT2D eigenvalue weighted by Gasteiger charge is 2.32. The first-order valence-electron chi connectivity index (χ1n) is 8.17. The van der Waals surface area contributed by atoms with Crippen molar-refractivity contribution < 1.29 is 9.53 Å². The molecule has 1 fully saturated rings. The summed E-state index contributed by atoms with van der Waals surface area (Å²) < 4.78 is 5.82. The Morgan fingerprint density at radius 3 is 2.92 bits per heavy atom. The van der Waals surface area contributed by atoms with Gasteiger partial charge >= 0.3 is 0 Å². The van der Waals surface area contributed by atoms with Gasteiger partial charge in [0.05, 0.1) is 6.04 Å². The third-order valence-corrected chi connectivity index (χ3v) is 4.88. The lowest BCUT2D eigenvalue weighted by atomic mass is 10.0. The number of aromatic amines is 1. The topological polar surface area (TPSA) is 79.0 Å². The Morgan fingerprint density at radius 1 is 1.32 bits per heavy atom. The Labute approximate surface area is 157 Å². The molecule has 6 nitrogen and oxygen atoms in total. The summed E-state index contributed by atoms with van der Waals surface area (Å²) in [4.78, 5) is 12.7. The zero-order valence-corrected chi connectivity index (χ0v) is 15.1. The standard InChI is InChI=1S/C17H19ClN4O2.ClH/c18-11-3-1-10(2-4-11)16-14(6-8-24-16)20-17(23)15-12-9-19-7-5-13(12)21-22-15;/h1-4,14,16,19H,5-9H2,(H,20,23)(H,21,22);1H. The molecule has 3 N–H and O–H groups in total. The molecule has 8 heteroatoms. The molecule has 0 radical (unpaired) electrons. The second kappa shape index (κ2) is 7.74. The molecule has 25 heavy (non-hydrogen) atoms. The van der Waals surface area contributed by atoms with E-state index >= 15 is 0 Å². The minimum atomic E-state index is -0.154. The van der Waals surface area contributed by atoms with Crippen molar-refractivity contribution in [2.45, 2.75) is 31.5 Å². The smallest absolute Gasteiger partial charge is 0.272 e. The number of carbonyl (C=O) groups is 1. The van der Waals surface area contributed by atoms with Crippen molar-refractivity contribution in [3.8, 4) is 0 Å². The summed E-state index contributed by atoms with van der Waals surface area (Å²) in [6.07, 6.45) is 1.50. The van der Waals surface area contributed by atoms with Crippen LogP contribution in [0.3, 0.4) is 0 Å². The molecule has 1 amide bonds. The van der Waals surface area contributed by atoms with Gasteiger partial charge in [-0.05, 0) is 24.1 Å². The summed E-state index contributed by atoms with van der Waals surface area (Å²) in [6.45, 7) is 2.21. The van der Waals surface area contributed by atoms with Gasteiger partial charge in [-0.1, -0.05) is 23.7 Å². The number of H-pyrrole nitrogens is 1. The number of fused-ring (bicyclic) bond motifs is 1. The van der Waals surface area contributed by atoms with Crippen molar-refractivity contribution in [1.82, 2.24) is 20.8 Å². The Hall–Kier alpha value is -1.60. The predicted octanol–water partition coefficient (Wildman–Crippen LogP) is 2.39. The molecule has 3 heterocycles. The highest BCUT2D eigenvalue weighted by atomic mass is 35.5. The van der Waals surface area contributed by atoms with Crippen LogP contribution in [0, 0.1) is 0 Å². The maximum atomic E-state index is 12.7. The third-order valence-electron chi connectivity index (χ3n) is 4.63. The molecule has 0 saturated carbocycles. The molecule has 2 aliphatic rings. The number of carbonyl (C=O) groups excluding carboxylic acids is 1. The summed E-state index contributed by atoms with van der Waals surface area (Å²) in [5, 5.41) is 14.3. The number of amides is 1. The average molecular weight is 383 g/mol. The van der Waals surface area contributed by atoms with Crippen LogP contribution >= 0.6 is 24.0 Å². The molecule has 2 unspecified atom stereocenters. The van der Waals surface area contributed by atoms with Crippen LogP contribution in [-0.2, 0) is 17.7 Å². The number of hydrogen-bond acceptors (Lipinski definition) is 4. The van der Waals surface area contributed by atoms with E-state index in [-0.39, 0.29) is 30.5 Å². The average Bonchev–Trinajstić information content (AvgIpc) is 3.22. The summed E-state index contributed by atoms with van der Waals surface area (Å²) in [5.74, 6) is -0.148. The predicted molar refractivity (Wildman–Crippen MR) is 97.3 cm³/mol. The number of aromatic nitrogens is 2. The molecule has 2 aromatic rings. The van der Waals surface area contributed by atoms with Gasteiger partial charge in [-0.25, -0.2) is 0 Å². The van der Waals surface area contributed by atoms with Gasteiger partial charge in [0.1, 0.15) is 6.10 Å². The summed E-state index contributed by atoms with van der Waals surface area (Å²) in [7, 11) is 0. The van der Waals surface area contributed by atoms with Gasteiger partial charge < -0.3 is 15.4 Å². The van der Waals surface area contributed by atoms with E-state index in [1.807, 2.05) is 24.3 Å². The van der Waals surface area contributed by atoms with Gasteiger partial charge in [0.25, 0.3) is 5.91 Å². The minimum Gasteiger partial charge on any atom is -0.371 e. The molecule has 2 atom stereocenters. The third kappa shape index (κ3) is 3.67. The quantitative estimate of drug-likeness (QED) is 0.761. The molecule has 4 rings (SSSR count). The van der Waals surface area contributed by atoms with Gasteiger partial charge in [0, 0.05) is 42.4 Å². The molecule has 1 aromatic heterocycles. The summed E-state index contributed by atoms with van der Waals surface area (Å²) in [6, 6.07) is 7.50. The molecule has 1 aromatic carbocycles. The molecular formula is C17H20Cl2N4O2. The van der Waals surface area contributed by atoms with Crippen molar-refractivity contribution in [2.75, 3.05) is 13.2 Å². The number of hydrogen-bond donors (Lipinski definition) is 3. The van der Waals surface area contributed by atoms with E-state index < -0.39 is 0 Å². The van der Waals surface area contributed by atoms with E-state index in [9.17, 15) is 4.79 Å². The largest absolute Gasteiger partial charge is 0.371 e. The summed E-state index contributed by atoms with van der Waals surface area (Å²) >= 11 is 5.95. The minimum absolute atomic E-state index is 0. The van der Waals surface area contributed by atoms with E-state index in [2.05, 4.69) is 20.8 Å². The number of ether oxygens (including phenoxy) is 1. The van der Waals surface area contributed by atoms with Crippen molar-refractivity contribution in [3.63, 3.8) is 0 Å². The Bertz CT molecular complexity index is 748. The van der Waals surface area contributed by atoms with Gasteiger partial charge in [-0.3, -0.25) is 9.89 Å². The Balaban J connectivity index is 0.00000182. The van der Waals surface area contributed by atoms with Crippen LogP contribution in [0.15, 0.2) is 24.3 Å². The second-order valence-electron chi connectivity index (χ2n) is 6.17. The lowest BCUT2D eigenvalue weighted by Crippen LogP contribution is -2.38.